The van der Waals surface area contributed by atoms with E-state index in [0.717, 1.165) is 16.9 Å². The fourth-order valence-corrected chi connectivity index (χ4v) is 2.06. The Hall–Kier alpha value is -1.16. The molecule has 0 aliphatic rings. The van der Waals surface area contributed by atoms with E-state index in [1.165, 1.54) is 0 Å². The Labute approximate surface area is 73.6 Å². The van der Waals surface area contributed by atoms with Crippen LogP contribution in [-0.4, -0.2) is 15.5 Å². The third-order valence-electron chi connectivity index (χ3n) is 1.78. The molecule has 0 aliphatic carbocycles. The van der Waals surface area contributed by atoms with E-state index in [1.807, 2.05) is 17.7 Å². The first kappa shape index (κ1) is 7.49. The quantitative estimate of drug-likeness (QED) is 0.622. The molecule has 0 saturated heterocycles. The van der Waals surface area contributed by atoms with Crippen LogP contribution in [0.3, 0.4) is 0 Å². The van der Waals surface area contributed by atoms with Crippen LogP contribution in [0.25, 0.3) is 11.0 Å². The second-order valence-electron chi connectivity index (χ2n) is 2.66. The fourth-order valence-electron chi connectivity index (χ4n) is 1.33. The highest BCUT2D eigenvalue weighted by molar-refractivity contribution is 7.09. The molecule has 0 aliphatic heterocycles. The molecule has 0 bridgehead atoms. The summed E-state index contributed by atoms with van der Waals surface area (Å²) in [5, 5.41) is 3.89. The number of aromatic nitrogens is 2. The number of thiophene rings is 1. The minimum Gasteiger partial charge on any atom is -0.274 e. The van der Waals surface area contributed by atoms with E-state index in [0.29, 0.717) is 0 Å². The molecular weight excluding hydrogens is 172 g/mol. The summed E-state index contributed by atoms with van der Waals surface area (Å²) in [5.74, 6) is 0.786. The van der Waals surface area contributed by atoms with Crippen molar-refractivity contribution in [3.8, 4) is 0 Å². The minimum atomic E-state index is 0.0217. The Morgan fingerprint density at radius 2 is 2.33 bits per heavy atom. The number of hydrogen-bond donors (Lipinski definition) is 0. The summed E-state index contributed by atoms with van der Waals surface area (Å²) in [5.41, 5.74) is 1.83. The maximum atomic E-state index is 11.2. The van der Waals surface area contributed by atoms with Gasteiger partial charge in [-0.15, -0.1) is 11.3 Å². The van der Waals surface area contributed by atoms with Crippen molar-refractivity contribution in [2.24, 2.45) is 0 Å². The molecule has 4 heteroatoms. The number of hydrogen-bond acceptors (Lipinski definition) is 3. The van der Waals surface area contributed by atoms with E-state index in [1.54, 1.807) is 22.8 Å². The van der Waals surface area contributed by atoms with Crippen molar-refractivity contribution < 1.29 is 4.79 Å². The van der Waals surface area contributed by atoms with Gasteiger partial charge >= 0.3 is 0 Å². The molecule has 62 valence electrons. The minimum absolute atomic E-state index is 0.0217. The molecule has 12 heavy (non-hydrogen) atoms. The van der Waals surface area contributed by atoms with Gasteiger partial charge in [0.2, 0.25) is 5.91 Å². The van der Waals surface area contributed by atoms with Gasteiger partial charge in [-0.25, -0.2) is 4.98 Å². The second kappa shape index (κ2) is 2.42. The van der Waals surface area contributed by atoms with E-state index in [4.69, 9.17) is 0 Å². The zero-order valence-electron chi connectivity index (χ0n) is 6.87. The maximum absolute atomic E-state index is 11.2. The Kier molecular flexibility index (Phi) is 1.51. The molecule has 0 spiro atoms. The zero-order valence-corrected chi connectivity index (χ0v) is 7.68. The van der Waals surface area contributed by atoms with Crippen molar-refractivity contribution in [3.05, 3.63) is 16.6 Å². The molecule has 2 aromatic heterocycles. The van der Waals surface area contributed by atoms with Gasteiger partial charge in [-0.3, -0.25) is 9.36 Å². The lowest BCUT2D eigenvalue weighted by atomic mass is 10.5. The number of fused-ring (bicyclic) bond motifs is 1. The van der Waals surface area contributed by atoms with Crippen LogP contribution in [0.4, 0.5) is 0 Å². The van der Waals surface area contributed by atoms with Gasteiger partial charge in [0.1, 0.15) is 5.82 Å². The largest absolute Gasteiger partial charge is 0.274 e. The van der Waals surface area contributed by atoms with E-state index in [2.05, 4.69) is 4.98 Å². The smallest absolute Gasteiger partial charge is 0.229 e. The molecule has 0 amide bonds. The summed E-state index contributed by atoms with van der Waals surface area (Å²) in [4.78, 5) is 15.4. The van der Waals surface area contributed by atoms with Crippen molar-refractivity contribution in [3.63, 3.8) is 0 Å². The summed E-state index contributed by atoms with van der Waals surface area (Å²) < 4.78 is 1.63. The molecule has 0 aromatic carbocycles. The van der Waals surface area contributed by atoms with Crippen LogP contribution < -0.4 is 0 Å². The van der Waals surface area contributed by atoms with Crippen LogP contribution in [0, 0.1) is 6.92 Å². The van der Waals surface area contributed by atoms with Gasteiger partial charge in [0.15, 0.2) is 0 Å². The highest BCUT2D eigenvalue weighted by atomic mass is 32.1. The number of imidazole rings is 1. The predicted octanol–water partition coefficient (Wildman–Crippen LogP) is 2.07. The fraction of sp³-hybridized carbons (Fsp3) is 0.250. The molecule has 0 unspecified atom stereocenters. The van der Waals surface area contributed by atoms with Gasteiger partial charge in [-0.1, -0.05) is 0 Å². The van der Waals surface area contributed by atoms with Crippen LogP contribution in [-0.2, 0) is 0 Å². The van der Waals surface area contributed by atoms with E-state index < -0.39 is 0 Å². The zero-order chi connectivity index (χ0) is 8.72. The first-order valence-electron chi connectivity index (χ1n) is 3.62. The van der Waals surface area contributed by atoms with Gasteiger partial charge in [0, 0.05) is 17.7 Å². The van der Waals surface area contributed by atoms with Crippen molar-refractivity contribution in [1.29, 1.82) is 0 Å². The average molecular weight is 180 g/mol. The third-order valence-corrected chi connectivity index (χ3v) is 2.50. The lowest BCUT2D eigenvalue weighted by Gasteiger charge is -1.97. The van der Waals surface area contributed by atoms with Gasteiger partial charge in [-0.05, 0) is 6.92 Å². The van der Waals surface area contributed by atoms with Crippen LogP contribution >= 0.6 is 11.3 Å². The Morgan fingerprint density at radius 3 is 3.00 bits per heavy atom. The third kappa shape index (κ3) is 0.881. The molecule has 0 atom stereocenters. The van der Waals surface area contributed by atoms with Crippen LogP contribution in [0.1, 0.15) is 17.5 Å². The summed E-state index contributed by atoms with van der Waals surface area (Å²) in [7, 11) is 0. The van der Waals surface area contributed by atoms with Gasteiger partial charge < -0.3 is 0 Å². The first-order valence-corrected chi connectivity index (χ1v) is 4.56. The van der Waals surface area contributed by atoms with E-state index >= 15 is 0 Å². The molecular formula is C8H8N2OS. The molecule has 2 aromatic rings. The number of carbonyl (C=O) groups excluding carboxylic acids is 1. The van der Waals surface area contributed by atoms with Gasteiger partial charge in [0.05, 0.1) is 11.0 Å². The topological polar surface area (TPSA) is 34.9 Å². The molecule has 0 fully saturated rings. The molecule has 0 N–H and O–H groups in total. The van der Waals surface area contributed by atoms with Crippen molar-refractivity contribution in [2.75, 3.05) is 0 Å². The molecule has 3 nitrogen and oxygen atoms in total. The Morgan fingerprint density at radius 1 is 1.58 bits per heavy atom. The second-order valence-corrected chi connectivity index (χ2v) is 3.40. The summed E-state index contributed by atoms with van der Waals surface area (Å²) in [6.07, 6.45) is 0. The number of nitrogens with zero attached hydrogens (tertiary/aromatic N) is 2. The summed E-state index contributed by atoms with van der Waals surface area (Å²) >= 11 is 1.56. The SMILES string of the molecule is CC(=O)n1c(C)nc2cscc21. The molecule has 0 saturated carbocycles. The van der Waals surface area contributed by atoms with Crippen LogP contribution in [0.15, 0.2) is 10.8 Å². The van der Waals surface area contributed by atoms with Crippen LogP contribution in [0.5, 0.6) is 0 Å². The Balaban J connectivity index is 2.84. The normalized spacial score (nSPS) is 10.8. The van der Waals surface area contributed by atoms with Crippen molar-refractivity contribution >= 4 is 28.3 Å². The van der Waals surface area contributed by atoms with Gasteiger partial charge in [-0.2, -0.15) is 0 Å². The lowest BCUT2D eigenvalue weighted by molar-refractivity contribution is 0.0939. The maximum Gasteiger partial charge on any atom is 0.229 e. The molecule has 2 rings (SSSR count). The first-order chi connectivity index (χ1) is 5.70. The van der Waals surface area contributed by atoms with E-state index in [9.17, 15) is 4.79 Å². The predicted molar refractivity (Wildman–Crippen MR) is 48.6 cm³/mol. The summed E-state index contributed by atoms with van der Waals surface area (Å²) in [6.45, 7) is 3.39. The van der Waals surface area contributed by atoms with Gasteiger partial charge in [0.25, 0.3) is 0 Å². The highest BCUT2D eigenvalue weighted by Gasteiger charge is 2.10. The average Bonchev–Trinajstić information content (AvgIpc) is 2.44. The van der Waals surface area contributed by atoms with Crippen molar-refractivity contribution in [2.45, 2.75) is 13.8 Å². The van der Waals surface area contributed by atoms with Crippen LogP contribution in [0.2, 0.25) is 0 Å². The number of carbonyl (C=O) groups is 1. The highest BCUT2D eigenvalue weighted by Crippen LogP contribution is 2.19. The number of aryl methyl sites for hydroxylation is 1. The Bertz CT molecular complexity index is 441. The monoisotopic (exact) mass is 180 g/mol. The lowest BCUT2D eigenvalue weighted by Crippen LogP contribution is -2.06. The standard InChI is InChI=1S/C8H8N2OS/c1-5-9-7-3-12-4-8(7)10(5)6(2)11/h3-4H,1-2H3. The number of rotatable bonds is 0. The van der Waals surface area contributed by atoms with E-state index in [-0.39, 0.29) is 5.91 Å². The summed E-state index contributed by atoms with van der Waals surface area (Å²) in [6, 6.07) is 0. The van der Waals surface area contributed by atoms with Crippen molar-refractivity contribution in [1.82, 2.24) is 9.55 Å². The molecule has 2 heterocycles. The molecule has 0 radical (unpaired) electrons.